The summed E-state index contributed by atoms with van der Waals surface area (Å²) in [5, 5.41) is 0. The van der Waals surface area contributed by atoms with Crippen molar-refractivity contribution in [3.63, 3.8) is 0 Å². The van der Waals surface area contributed by atoms with Crippen molar-refractivity contribution in [3.05, 3.63) is 12.4 Å². The van der Waals surface area contributed by atoms with Gasteiger partial charge in [0.2, 0.25) is 0 Å². The highest BCUT2D eigenvalue weighted by atomic mass is 16.1. The predicted molar refractivity (Wildman–Crippen MR) is 74.2 cm³/mol. The minimum absolute atomic E-state index is 0.194. The summed E-state index contributed by atoms with van der Waals surface area (Å²) in [6.07, 6.45) is 3.19. The van der Waals surface area contributed by atoms with E-state index in [0.29, 0.717) is 13.0 Å². The highest BCUT2D eigenvalue weighted by Gasteiger charge is 2.07. The molecule has 18 heavy (non-hydrogen) atoms. The largest absolute Gasteiger partial charge is 0.360 e. The minimum Gasteiger partial charge on any atom is -0.360 e. The molecule has 0 saturated heterocycles. The molecule has 100 valence electrons. The summed E-state index contributed by atoms with van der Waals surface area (Å²) < 4.78 is 0. The Morgan fingerprint density at radius 2 is 1.72 bits per heavy atom. The molecule has 1 heterocycles. The zero-order valence-electron chi connectivity index (χ0n) is 11.7. The number of Topliss-reactive ketones (excluding diaryl/α,β-unsaturated/α-hetero) is 1. The van der Waals surface area contributed by atoms with E-state index in [1.54, 1.807) is 13.3 Å². The van der Waals surface area contributed by atoms with Gasteiger partial charge in [0.05, 0.1) is 0 Å². The second-order valence-electron chi connectivity index (χ2n) is 4.53. The van der Waals surface area contributed by atoms with E-state index in [1.165, 1.54) is 0 Å². The van der Waals surface area contributed by atoms with Gasteiger partial charge in [-0.3, -0.25) is 4.79 Å². The molecule has 1 aromatic rings. The van der Waals surface area contributed by atoms with Crippen LogP contribution in [0, 0.1) is 0 Å². The van der Waals surface area contributed by atoms with Crippen molar-refractivity contribution < 1.29 is 4.79 Å². The average Bonchev–Trinajstić information content (AvgIpc) is 2.36. The SMILES string of the molecule is CCCN(C)c1cc(N(C)CCC(C)=O)ncn1. The maximum atomic E-state index is 11.0. The lowest BCUT2D eigenvalue weighted by Gasteiger charge is -2.21. The first-order valence-corrected chi connectivity index (χ1v) is 6.28. The summed E-state index contributed by atoms with van der Waals surface area (Å²) in [7, 11) is 3.96. The van der Waals surface area contributed by atoms with Gasteiger partial charge in [-0.05, 0) is 13.3 Å². The van der Waals surface area contributed by atoms with Crippen molar-refractivity contribution in [2.75, 3.05) is 37.0 Å². The highest BCUT2D eigenvalue weighted by Crippen LogP contribution is 2.15. The van der Waals surface area contributed by atoms with Gasteiger partial charge in [-0.2, -0.15) is 0 Å². The van der Waals surface area contributed by atoms with Crippen LogP contribution in [0.1, 0.15) is 26.7 Å². The lowest BCUT2D eigenvalue weighted by molar-refractivity contribution is -0.116. The first kappa shape index (κ1) is 14.4. The van der Waals surface area contributed by atoms with E-state index in [4.69, 9.17) is 0 Å². The lowest BCUT2D eigenvalue weighted by atomic mass is 10.3. The van der Waals surface area contributed by atoms with Gasteiger partial charge in [-0.15, -0.1) is 0 Å². The van der Waals surface area contributed by atoms with E-state index in [1.807, 2.05) is 25.1 Å². The van der Waals surface area contributed by atoms with Gasteiger partial charge < -0.3 is 9.80 Å². The number of rotatable bonds is 7. The van der Waals surface area contributed by atoms with Gasteiger partial charge in [0.1, 0.15) is 23.7 Å². The van der Waals surface area contributed by atoms with E-state index < -0.39 is 0 Å². The number of hydrogen-bond acceptors (Lipinski definition) is 5. The Labute approximate surface area is 109 Å². The summed E-state index contributed by atoms with van der Waals surface area (Å²) in [4.78, 5) is 23.5. The Morgan fingerprint density at radius 3 is 2.22 bits per heavy atom. The third-order valence-electron chi connectivity index (χ3n) is 2.78. The molecule has 0 saturated carbocycles. The maximum Gasteiger partial charge on any atom is 0.133 e. The molecular formula is C13H22N4O. The molecule has 1 rings (SSSR count). The van der Waals surface area contributed by atoms with Crippen molar-refractivity contribution in [1.82, 2.24) is 9.97 Å². The third-order valence-corrected chi connectivity index (χ3v) is 2.78. The molecule has 0 N–H and O–H groups in total. The van der Waals surface area contributed by atoms with Crippen molar-refractivity contribution in [3.8, 4) is 0 Å². The number of hydrogen-bond donors (Lipinski definition) is 0. The summed E-state index contributed by atoms with van der Waals surface area (Å²) >= 11 is 0. The zero-order valence-corrected chi connectivity index (χ0v) is 11.7. The van der Waals surface area contributed by atoms with E-state index in [0.717, 1.165) is 24.6 Å². The Kier molecular flexibility index (Phi) is 5.55. The fourth-order valence-corrected chi connectivity index (χ4v) is 1.64. The number of ketones is 1. The molecule has 0 bridgehead atoms. The first-order valence-electron chi connectivity index (χ1n) is 6.28. The highest BCUT2D eigenvalue weighted by molar-refractivity contribution is 5.76. The topological polar surface area (TPSA) is 49.3 Å². The monoisotopic (exact) mass is 250 g/mol. The van der Waals surface area contributed by atoms with Crippen LogP contribution in [0.4, 0.5) is 11.6 Å². The van der Waals surface area contributed by atoms with Gasteiger partial charge in [-0.25, -0.2) is 9.97 Å². The summed E-state index contributed by atoms with van der Waals surface area (Å²) in [5.74, 6) is 1.96. The van der Waals surface area contributed by atoms with E-state index >= 15 is 0 Å². The van der Waals surface area contributed by atoms with Gasteiger partial charge >= 0.3 is 0 Å². The predicted octanol–water partition coefficient (Wildman–Crippen LogP) is 1.74. The summed E-state index contributed by atoms with van der Waals surface area (Å²) in [6.45, 7) is 5.39. The van der Waals surface area contributed by atoms with Crippen LogP contribution in [0.15, 0.2) is 12.4 Å². The van der Waals surface area contributed by atoms with Crippen LogP contribution in [-0.2, 0) is 4.79 Å². The smallest absolute Gasteiger partial charge is 0.133 e. The molecule has 0 aliphatic heterocycles. The maximum absolute atomic E-state index is 11.0. The standard InChI is InChI=1S/C13H22N4O/c1-5-7-16(3)12-9-13(15-10-14-12)17(4)8-6-11(2)18/h9-10H,5-8H2,1-4H3. The third kappa shape index (κ3) is 4.31. The number of nitrogens with zero attached hydrogens (tertiary/aromatic N) is 4. The zero-order chi connectivity index (χ0) is 13.5. The molecule has 0 aliphatic rings. The van der Waals surface area contributed by atoms with E-state index in [2.05, 4.69) is 21.8 Å². The molecule has 5 nitrogen and oxygen atoms in total. The Bertz CT molecular complexity index is 394. The van der Waals surface area contributed by atoms with Crippen molar-refractivity contribution >= 4 is 17.4 Å². The first-order chi connectivity index (χ1) is 8.54. The molecule has 0 spiro atoms. The average molecular weight is 250 g/mol. The quantitative estimate of drug-likeness (QED) is 0.737. The van der Waals surface area contributed by atoms with Crippen molar-refractivity contribution in [1.29, 1.82) is 0 Å². The molecule has 5 heteroatoms. The van der Waals surface area contributed by atoms with Crippen LogP contribution >= 0.6 is 0 Å². The van der Waals surface area contributed by atoms with Gasteiger partial charge in [0.25, 0.3) is 0 Å². The molecule has 0 amide bonds. The van der Waals surface area contributed by atoms with Crippen LogP contribution in [-0.4, -0.2) is 42.9 Å². The Morgan fingerprint density at radius 1 is 1.17 bits per heavy atom. The second-order valence-corrected chi connectivity index (χ2v) is 4.53. The van der Waals surface area contributed by atoms with Crippen molar-refractivity contribution in [2.45, 2.75) is 26.7 Å². The molecule has 0 aromatic carbocycles. The fourth-order valence-electron chi connectivity index (χ4n) is 1.64. The summed E-state index contributed by atoms with van der Waals surface area (Å²) in [5.41, 5.74) is 0. The van der Waals surface area contributed by atoms with Crippen LogP contribution in [0.5, 0.6) is 0 Å². The van der Waals surface area contributed by atoms with Crippen LogP contribution in [0.2, 0.25) is 0 Å². The lowest BCUT2D eigenvalue weighted by Crippen LogP contribution is -2.23. The van der Waals surface area contributed by atoms with Gasteiger partial charge in [-0.1, -0.05) is 6.92 Å². The molecule has 0 atom stereocenters. The normalized spacial score (nSPS) is 10.2. The van der Waals surface area contributed by atoms with Gasteiger partial charge in [0.15, 0.2) is 0 Å². The molecule has 1 aromatic heterocycles. The van der Waals surface area contributed by atoms with Crippen molar-refractivity contribution in [2.24, 2.45) is 0 Å². The number of carbonyl (C=O) groups is 1. The minimum atomic E-state index is 0.194. The molecule has 0 fully saturated rings. The second kappa shape index (κ2) is 6.93. The molecule has 0 radical (unpaired) electrons. The Balaban J connectivity index is 2.71. The number of carbonyl (C=O) groups excluding carboxylic acids is 1. The molecular weight excluding hydrogens is 228 g/mol. The van der Waals surface area contributed by atoms with Crippen LogP contribution in [0.3, 0.4) is 0 Å². The van der Waals surface area contributed by atoms with Gasteiger partial charge in [0, 0.05) is 39.7 Å². The molecule has 0 unspecified atom stereocenters. The van der Waals surface area contributed by atoms with Crippen LogP contribution in [0.25, 0.3) is 0 Å². The Hall–Kier alpha value is -1.65. The van der Waals surface area contributed by atoms with Crippen LogP contribution < -0.4 is 9.80 Å². The van der Waals surface area contributed by atoms with E-state index in [-0.39, 0.29) is 5.78 Å². The summed E-state index contributed by atoms with van der Waals surface area (Å²) in [6, 6.07) is 1.95. The molecule has 0 aliphatic carbocycles. The fraction of sp³-hybridized carbons (Fsp3) is 0.615. The number of anilines is 2. The van der Waals surface area contributed by atoms with E-state index in [9.17, 15) is 4.79 Å². The number of aromatic nitrogens is 2.